The Morgan fingerprint density at radius 3 is 2.39 bits per heavy atom. The van der Waals surface area contributed by atoms with E-state index in [1.54, 1.807) is 0 Å². The minimum atomic E-state index is 0.225. The minimum Gasteiger partial charge on any atom is -0.356 e. The van der Waals surface area contributed by atoms with Crippen molar-refractivity contribution in [2.24, 2.45) is 17.6 Å². The maximum atomic E-state index is 11.9. The summed E-state index contributed by atoms with van der Waals surface area (Å²) in [6, 6.07) is 0.249. The molecule has 0 heterocycles. The van der Waals surface area contributed by atoms with Gasteiger partial charge in [0.1, 0.15) is 0 Å². The molecule has 104 valence electrons. The molecule has 0 radical (unpaired) electrons. The summed E-state index contributed by atoms with van der Waals surface area (Å²) in [6.45, 7) is 0.890. The molecule has 18 heavy (non-hydrogen) atoms. The Kier molecular flexibility index (Phi) is 5.48. The molecule has 0 aromatic heterocycles. The molecule has 0 aromatic carbocycles. The molecule has 0 saturated heterocycles. The third kappa shape index (κ3) is 4.27. The highest BCUT2D eigenvalue weighted by molar-refractivity contribution is 5.76. The second kappa shape index (κ2) is 7.13. The fourth-order valence-corrected chi connectivity index (χ4v) is 3.45. The first-order valence-corrected chi connectivity index (χ1v) is 7.78. The van der Waals surface area contributed by atoms with Crippen LogP contribution in [-0.4, -0.2) is 18.5 Å². The van der Waals surface area contributed by atoms with Crippen LogP contribution >= 0.6 is 0 Å². The van der Waals surface area contributed by atoms with E-state index in [2.05, 4.69) is 5.32 Å². The average Bonchev–Trinajstić information content (AvgIpc) is 2.40. The monoisotopic (exact) mass is 252 g/mol. The predicted molar refractivity (Wildman–Crippen MR) is 74.1 cm³/mol. The van der Waals surface area contributed by atoms with Crippen LogP contribution in [0.2, 0.25) is 0 Å². The molecule has 2 atom stereocenters. The summed E-state index contributed by atoms with van der Waals surface area (Å²) in [7, 11) is 0. The van der Waals surface area contributed by atoms with Crippen molar-refractivity contribution < 1.29 is 4.79 Å². The number of rotatable bonds is 4. The molecule has 2 aliphatic carbocycles. The Hall–Kier alpha value is -0.570. The highest BCUT2D eigenvalue weighted by Crippen LogP contribution is 2.26. The lowest BCUT2D eigenvalue weighted by molar-refractivity contribution is -0.122. The Labute approximate surface area is 111 Å². The van der Waals surface area contributed by atoms with E-state index in [4.69, 9.17) is 5.73 Å². The normalized spacial score (nSPS) is 30.1. The molecule has 3 nitrogen and oxygen atoms in total. The van der Waals surface area contributed by atoms with Crippen molar-refractivity contribution in [3.05, 3.63) is 0 Å². The molecule has 2 saturated carbocycles. The van der Waals surface area contributed by atoms with Gasteiger partial charge in [-0.1, -0.05) is 32.1 Å². The summed E-state index contributed by atoms with van der Waals surface area (Å²) in [5.41, 5.74) is 6.09. The standard InChI is InChI=1S/C15H28N2O/c16-14-9-5-4-8-13(14)10-15(18)17-11-12-6-2-1-3-7-12/h12-14H,1-11,16H2,(H,17,18). The zero-order chi connectivity index (χ0) is 12.8. The highest BCUT2D eigenvalue weighted by atomic mass is 16.1. The summed E-state index contributed by atoms with van der Waals surface area (Å²) < 4.78 is 0. The van der Waals surface area contributed by atoms with E-state index in [9.17, 15) is 4.79 Å². The van der Waals surface area contributed by atoms with E-state index < -0.39 is 0 Å². The van der Waals surface area contributed by atoms with Gasteiger partial charge in [-0.05, 0) is 37.5 Å². The number of carbonyl (C=O) groups is 1. The number of amides is 1. The zero-order valence-corrected chi connectivity index (χ0v) is 11.5. The summed E-state index contributed by atoms with van der Waals surface area (Å²) in [4.78, 5) is 11.9. The molecule has 0 aromatic rings. The predicted octanol–water partition coefficient (Wildman–Crippen LogP) is 2.59. The van der Waals surface area contributed by atoms with Crippen LogP contribution in [-0.2, 0) is 4.79 Å². The van der Waals surface area contributed by atoms with E-state index >= 15 is 0 Å². The van der Waals surface area contributed by atoms with Crippen molar-refractivity contribution in [3.8, 4) is 0 Å². The number of nitrogens with one attached hydrogen (secondary N) is 1. The van der Waals surface area contributed by atoms with E-state index in [0.29, 0.717) is 12.3 Å². The van der Waals surface area contributed by atoms with Crippen LogP contribution in [0.15, 0.2) is 0 Å². The number of hydrogen-bond acceptors (Lipinski definition) is 2. The minimum absolute atomic E-state index is 0.225. The van der Waals surface area contributed by atoms with Gasteiger partial charge in [-0.3, -0.25) is 4.79 Å². The molecule has 2 aliphatic rings. The lowest BCUT2D eigenvalue weighted by Crippen LogP contribution is -2.38. The van der Waals surface area contributed by atoms with E-state index in [1.165, 1.54) is 44.9 Å². The summed E-state index contributed by atoms with van der Waals surface area (Å²) >= 11 is 0. The van der Waals surface area contributed by atoms with Gasteiger partial charge in [0.25, 0.3) is 0 Å². The fourth-order valence-electron chi connectivity index (χ4n) is 3.45. The molecular formula is C15H28N2O. The van der Waals surface area contributed by atoms with Gasteiger partial charge in [-0.2, -0.15) is 0 Å². The Balaban J connectivity index is 1.64. The molecule has 1 amide bonds. The Morgan fingerprint density at radius 2 is 1.67 bits per heavy atom. The third-order valence-electron chi connectivity index (χ3n) is 4.73. The van der Waals surface area contributed by atoms with Gasteiger partial charge in [0.15, 0.2) is 0 Å². The van der Waals surface area contributed by atoms with Crippen LogP contribution < -0.4 is 11.1 Å². The van der Waals surface area contributed by atoms with E-state index in [1.807, 2.05) is 0 Å². The van der Waals surface area contributed by atoms with Gasteiger partial charge in [0, 0.05) is 19.0 Å². The van der Waals surface area contributed by atoms with Crippen LogP contribution in [0.4, 0.5) is 0 Å². The van der Waals surface area contributed by atoms with Crippen LogP contribution in [0.25, 0.3) is 0 Å². The van der Waals surface area contributed by atoms with Crippen molar-refractivity contribution in [2.75, 3.05) is 6.54 Å². The van der Waals surface area contributed by atoms with Gasteiger partial charge in [0.2, 0.25) is 5.91 Å². The van der Waals surface area contributed by atoms with Crippen molar-refractivity contribution in [1.82, 2.24) is 5.32 Å². The molecule has 0 aliphatic heterocycles. The molecular weight excluding hydrogens is 224 g/mol. The Bertz CT molecular complexity index is 261. The van der Waals surface area contributed by atoms with Crippen LogP contribution in [0.5, 0.6) is 0 Å². The fraction of sp³-hybridized carbons (Fsp3) is 0.933. The van der Waals surface area contributed by atoms with Crippen molar-refractivity contribution in [3.63, 3.8) is 0 Å². The smallest absolute Gasteiger partial charge is 0.220 e. The lowest BCUT2D eigenvalue weighted by atomic mass is 9.83. The molecule has 2 unspecified atom stereocenters. The van der Waals surface area contributed by atoms with Gasteiger partial charge in [-0.15, -0.1) is 0 Å². The van der Waals surface area contributed by atoms with Gasteiger partial charge < -0.3 is 11.1 Å². The summed E-state index contributed by atoms with van der Waals surface area (Å²) in [5, 5.41) is 3.13. The van der Waals surface area contributed by atoms with E-state index in [0.717, 1.165) is 25.3 Å². The zero-order valence-electron chi connectivity index (χ0n) is 11.5. The van der Waals surface area contributed by atoms with E-state index in [-0.39, 0.29) is 11.9 Å². The van der Waals surface area contributed by atoms with Crippen molar-refractivity contribution >= 4 is 5.91 Å². The largest absolute Gasteiger partial charge is 0.356 e. The maximum Gasteiger partial charge on any atom is 0.220 e. The SMILES string of the molecule is NC1CCCCC1CC(=O)NCC1CCCCC1. The third-order valence-corrected chi connectivity index (χ3v) is 4.73. The van der Waals surface area contributed by atoms with Crippen LogP contribution in [0.3, 0.4) is 0 Å². The summed E-state index contributed by atoms with van der Waals surface area (Å²) in [6.07, 6.45) is 12.0. The second-order valence-corrected chi connectivity index (χ2v) is 6.22. The summed E-state index contributed by atoms with van der Waals surface area (Å²) in [5.74, 6) is 1.37. The number of nitrogens with two attached hydrogens (primary N) is 1. The van der Waals surface area contributed by atoms with Gasteiger partial charge in [-0.25, -0.2) is 0 Å². The average molecular weight is 252 g/mol. The lowest BCUT2D eigenvalue weighted by Gasteiger charge is -2.28. The molecule has 3 N–H and O–H groups in total. The Morgan fingerprint density at radius 1 is 1.00 bits per heavy atom. The molecule has 2 fully saturated rings. The van der Waals surface area contributed by atoms with Crippen LogP contribution in [0, 0.1) is 11.8 Å². The molecule has 2 rings (SSSR count). The van der Waals surface area contributed by atoms with Crippen molar-refractivity contribution in [1.29, 1.82) is 0 Å². The first kappa shape index (κ1) is 13.9. The molecule has 0 spiro atoms. The number of carbonyl (C=O) groups excluding carboxylic acids is 1. The first-order valence-electron chi connectivity index (χ1n) is 7.78. The van der Waals surface area contributed by atoms with Gasteiger partial charge >= 0.3 is 0 Å². The van der Waals surface area contributed by atoms with Crippen LogP contribution in [0.1, 0.15) is 64.2 Å². The van der Waals surface area contributed by atoms with Gasteiger partial charge in [0.05, 0.1) is 0 Å². The molecule has 0 bridgehead atoms. The molecule has 3 heteroatoms. The quantitative estimate of drug-likeness (QED) is 0.808. The maximum absolute atomic E-state index is 11.9. The highest BCUT2D eigenvalue weighted by Gasteiger charge is 2.24. The topological polar surface area (TPSA) is 55.1 Å². The number of hydrogen-bond donors (Lipinski definition) is 2. The van der Waals surface area contributed by atoms with Crippen molar-refractivity contribution in [2.45, 2.75) is 70.3 Å². The first-order chi connectivity index (χ1) is 8.75. The second-order valence-electron chi connectivity index (χ2n) is 6.22.